The molecule has 0 aromatic heterocycles. The highest BCUT2D eigenvalue weighted by Gasteiger charge is 2.20. The first-order valence-electron chi connectivity index (χ1n) is 5.50. The molecule has 0 aliphatic heterocycles. The molecule has 0 heterocycles. The van der Waals surface area contributed by atoms with Crippen molar-refractivity contribution in [3.05, 3.63) is 34.9 Å². The molecule has 1 rings (SSSR count). The van der Waals surface area contributed by atoms with Crippen LogP contribution in [-0.2, 0) is 4.79 Å². The number of nitrogens with one attached hydrogen (secondary N) is 1. The van der Waals surface area contributed by atoms with E-state index in [1.165, 1.54) is 0 Å². The lowest BCUT2D eigenvalue weighted by atomic mass is 10.0. The SMILES string of the molecule is C#CCC(NC(=O)c1ccc(C)cc1C)C(=O)O. The molecule has 0 bridgehead atoms. The summed E-state index contributed by atoms with van der Waals surface area (Å²) in [6.45, 7) is 3.73. The van der Waals surface area contributed by atoms with Gasteiger partial charge in [0.25, 0.3) is 5.91 Å². The van der Waals surface area contributed by atoms with E-state index in [9.17, 15) is 9.59 Å². The third kappa shape index (κ3) is 3.36. The molecule has 0 spiro atoms. The van der Waals surface area contributed by atoms with Crippen LogP contribution < -0.4 is 5.32 Å². The zero-order chi connectivity index (χ0) is 13.7. The van der Waals surface area contributed by atoms with Crippen molar-refractivity contribution >= 4 is 11.9 Å². The summed E-state index contributed by atoms with van der Waals surface area (Å²) in [6, 6.07) is 4.29. The minimum absolute atomic E-state index is 0.0357. The zero-order valence-electron chi connectivity index (χ0n) is 10.4. The number of terminal acetylenes is 1. The standard InChI is InChI=1S/C14H15NO3/c1-4-5-12(14(17)18)15-13(16)11-7-6-9(2)8-10(11)3/h1,6-8,12H,5H2,2-3H3,(H,15,16)(H,17,18). The van der Waals surface area contributed by atoms with Gasteiger partial charge in [0.1, 0.15) is 6.04 Å². The van der Waals surface area contributed by atoms with Gasteiger partial charge in [-0.2, -0.15) is 0 Å². The molecule has 1 atom stereocenters. The maximum atomic E-state index is 11.9. The lowest BCUT2D eigenvalue weighted by molar-refractivity contribution is -0.139. The molecule has 4 heteroatoms. The first-order chi connectivity index (χ1) is 8.45. The monoisotopic (exact) mass is 245 g/mol. The molecule has 4 nitrogen and oxygen atoms in total. The summed E-state index contributed by atoms with van der Waals surface area (Å²) < 4.78 is 0. The van der Waals surface area contributed by atoms with Gasteiger partial charge in [-0.3, -0.25) is 4.79 Å². The van der Waals surface area contributed by atoms with E-state index < -0.39 is 17.9 Å². The van der Waals surface area contributed by atoms with Gasteiger partial charge in [0.05, 0.1) is 0 Å². The number of aryl methyl sites for hydroxylation is 2. The maximum Gasteiger partial charge on any atom is 0.327 e. The largest absolute Gasteiger partial charge is 0.480 e. The molecule has 1 aromatic rings. The van der Waals surface area contributed by atoms with E-state index in [2.05, 4.69) is 11.2 Å². The molecule has 0 fully saturated rings. The second kappa shape index (κ2) is 5.87. The second-order valence-electron chi connectivity index (χ2n) is 4.09. The van der Waals surface area contributed by atoms with Crippen molar-refractivity contribution in [3.8, 4) is 12.3 Å². The Balaban J connectivity index is 2.87. The van der Waals surface area contributed by atoms with Crippen LogP contribution in [0.1, 0.15) is 27.9 Å². The van der Waals surface area contributed by atoms with Crippen LogP contribution in [-0.4, -0.2) is 23.0 Å². The van der Waals surface area contributed by atoms with E-state index in [1.54, 1.807) is 19.1 Å². The fraction of sp³-hybridized carbons (Fsp3) is 0.286. The Bertz CT molecular complexity index is 514. The molecule has 94 valence electrons. The molecule has 2 N–H and O–H groups in total. The minimum atomic E-state index is -1.13. The number of aliphatic carboxylic acids is 1. The number of hydrogen-bond donors (Lipinski definition) is 2. The van der Waals surface area contributed by atoms with Gasteiger partial charge in [-0.1, -0.05) is 17.7 Å². The smallest absolute Gasteiger partial charge is 0.327 e. The topological polar surface area (TPSA) is 66.4 Å². The second-order valence-corrected chi connectivity index (χ2v) is 4.09. The molecule has 18 heavy (non-hydrogen) atoms. The Morgan fingerprint density at radius 3 is 2.61 bits per heavy atom. The van der Waals surface area contributed by atoms with E-state index >= 15 is 0 Å². The number of hydrogen-bond acceptors (Lipinski definition) is 2. The van der Waals surface area contributed by atoms with Crippen LogP contribution in [0.25, 0.3) is 0 Å². The van der Waals surface area contributed by atoms with E-state index in [1.807, 2.05) is 13.0 Å². The van der Waals surface area contributed by atoms with Crippen LogP contribution in [0.4, 0.5) is 0 Å². The minimum Gasteiger partial charge on any atom is -0.480 e. The normalized spacial score (nSPS) is 11.4. The molecular weight excluding hydrogens is 230 g/mol. The number of carbonyl (C=O) groups excluding carboxylic acids is 1. The van der Waals surface area contributed by atoms with E-state index in [4.69, 9.17) is 11.5 Å². The number of carboxylic acid groups (broad SMARTS) is 1. The Morgan fingerprint density at radius 1 is 1.44 bits per heavy atom. The number of carboxylic acids is 1. The van der Waals surface area contributed by atoms with Gasteiger partial charge in [0.15, 0.2) is 0 Å². The summed E-state index contributed by atoms with van der Waals surface area (Å²) in [4.78, 5) is 22.8. The summed E-state index contributed by atoms with van der Waals surface area (Å²) in [5.74, 6) is 0.680. The van der Waals surface area contributed by atoms with Crippen molar-refractivity contribution in [2.45, 2.75) is 26.3 Å². The molecule has 1 amide bonds. The Hall–Kier alpha value is -2.28. The Kier molecular flexibility index (Phi) is 4.50. The van der Waals surface area contributed by atoms with Crippen LogP contribution in [0.2, 0.25) is 0 Å². The third-order valence-electron chi connectivity index (χ3n) is 2.55. The molecular formula is C14H15NO3. The van der Waals surface area contributed by atoms with Crippen LogP contribution in [0, 0.1) is 26.2 Å². The number of carbonyl (C=O) groups is 2. The zero-order valence-corrected chi connectivity index (χ0v) is 10.4. The molecule has 0 saturated carbocycles. The van der Waals surface area contributed by atoms with Gasteiger partial charge >= 0.3 is 5.97 Å². The number of benzene rings is 1. The predicted molar refractivity (Wildman–Crippen MR) is 68.3 cm³/mol. The van der Waals surface area contributed by atoms with E-state index in [-0.39, 0.29) is 6.42 Å². The highest BCUT2D eigenvalue weighted by atomic mass is 16.4. The average Bonchev–Trinajstić information content (AvgIpc) is 2.27. The summed E-state index contributed by atoms with van der Waals surface area (Å²) >= 11 is 0. The van der Waals surface area contributed by atoms with Gasteiger partial charge in [-0.05, 0) is 25.5 Å². The summed E-state index contributed by atoms with van der Waals surface area (Å²) in [6.07, 6.45) is 5.03. The van der Waals surface area contributed by atoms with E-state index in [0.717, 1.165) is 11.1 Å². The fourth-order valence-corrected chi connectivity index (χ4v) is 1.62. The summed E-state index contributed by atoms with van der Waals surface area (Å²) in [5, 5.41) is 11.3. The highest BCUT2D eigenvalue weighted by Crippen LogP contribution is 2.10. The summed E-state index contributed by atoms with van der Waals surface area (Å²) in [5.41, 5.74) is 2.31. The molecule has 0 radical (unpaired) electrons. The first-order valence-corrected chi connectivity index (χ1v) is 5.50. The van der Waals surface area contributed by atoms with Crippen molar-refractivity contribution in [1.82, 2.24) is 5.32 Å². The van der Waals surface area contributed by atoms with Crippen LogP contribution in [0.15, 0.2) is 18.2 Å². The van der Waals surface area contributed by atoms with Crippen LogP contribution >= 0.6 is 0 Å². The average molecular weight is 245 g/mol. The molecule has 1 unspecified atom stereocenters. The van der Waals surface area contributed by atoms with Gasteiger partial charge in [-0.25, -0.2) is 4.79 Å². The van der Waals surface area contributed by atoms with Gasteiger partial charge in [-0.15, -0.1) is 12.3 Å². The van der Waals surface area contributed by atoms with Crippen molar-refractivity contribution in [3.63, 3.8) is 0 Å². The first kappa shape index (κ1) is 13.8. The van der Waals surface area contributed by atoms with Gasteiger partial charge in [0.2, 0.25) is 0 Å². The molecule has 0 aliphatic rings. The third-order valence-corrected chi connectivity index (χ3v) is 2.55. The predicted octanol–water partition coefficient (Wildman–Crippen LogP) is 1.51. The van der Waals surface area contributed by atoms with Gasteiger partial charge < -0.3 is 10.4 Å². The molecule has 1 aromatic carbocycles. The maximum absolute atomic E-state index is 11.9. The van der Waals surface area contributed by atoms with Crippen LogP contribution in [0.5, 0.6) is 0 Å². The van der Waals surface area contributed by atoms with Crippen LogP contribution in [0.3, 0.4) is 0 Å². The van der Waals surface area contributed by atoms with E-state index in [0.29, 0.717) is 5.56 Å². The quantitative estimate of drug-likeness (QED) is 0.790. The lowest BCUT2D eigenvalue weighted by Crippen LogP contribution is -2.40. The van der Waals surface area contributed by atoms with Crippen molar-refractivity contribution in [2.24, 2.45) is 0 Å². The Labute approximate surface area is 106 Å². The highest BCUT2D eigenvalue weighted by molar-refractivity contribution is 5.97. The van der Waals surface area contributed by atoms with Gasteiger partial charge in [0, 0.05) is 12.0 Å². The van der Waals surface area contributed by atoms with Crippen molar-refractivity contribution in [1.29, 1.82) is 0 Å². The Morgan fingerprint density at radius 2 is 2.11 bits per heavy atom. The van der Waals surface area contributed by atoms with Crippen molar-refractivity contribution in [2.75, 3.05) is 0 Å². The number of amides is 1. The summed E-state index contributed by atoms with van der Waals surface area (Å²) in [7, 11) is 0. The lowest BCUT2D eigenvalue weighted by Gasteiger charge is -2.13. The molecule has 0 aliphatic carbocycles. The fourth-order valence-electron chi connectivity index (χ4n) is 1.62. The number of rotatable bonds is 4. The van der Waals surface area contributed by atoms with Crippen molar-refractivity contribution < 1.29 is 14.7 Å². The molecule has 0 saturated heterocycles.